The van der Waals surface area contributed by atoms with Crippen molar-refractivity contribution in [1.82, 2.24) is 10.6 Å². The fourth-order valence-corrected chi connectivity index (χ4v) is 4.72. The molecular weight excluding hydrogens is 560 g/mol. The number of hydrogen-bond donors (Lipinski definition) is 4. The Morgan fingerprint density at radius 3 is 1.93 bits per heavy atom. The van der Waals surface area contributed by atoms with Crippen LogP contribution < -0.4 is 10.6 Å². The number of amides is 2. The molecule has 0 aliphatic heterocycles. The minimum Gasteiger partial charge on any atom is -0.480 e. The summed E-state index contributed by atoms with van der Waals surface area (Å²) in [5.41, 5.74) is 0. The Morgan fingerprint density at radius 2 is 1.30 bits per heavy atom. The van der Waals surface area contributed by atoms with Crippen LogP contribution in [0.2, 0.25) is 0 Å². The quantitative estimate of drug-likeness (QED) is 0.0387. The highest BCUT2D eigenvalue weighted by Gasteiger charge is 2.18. The minimum absolute atomic E-state index is 0.133. The number of carboxylic acid groups (broad SMARTS) is 1. The summed E-state index contributed by atoms with van der Waals surface area (Å²) in [5.74, 6) is -2.43. The molecule has 0 aromatic heterocycles. The van der Waals surface area contributed by atoms with Crippen LogP contribution >= 0.6 is 0 Å². The Balaban J connectivity index is 4.41. The van der Waals surface area contributed by atoms with Gasteiger partial charge in [-0.3, -0.25) is 14.4 Å². The van der Waals surface area contributed by atoms with E-state index in [1.165, 1.54) is 64.2 Å². The summed E-state index contributed by atoms with van der Waals surface area (Å²) >= 11 is 0. The zero-order valence-corrected chi connectivity index (χ0v) is 27.7. The molecule has 0 aromatic carbocycles. The molecule has 9 heteroatoms. The second-order valence-electron chi connectivity index (χ2n) is 11.6. The van der Waals surface area contributed by atoms with Crippen molar-refractivity contribution in [1.29, 1.82) is 0 Å². The molecule has 0 bridgehead atoms. The second-order valence-corrected chi connectivity index (χ2v) is 11.6. The van der Waals surface area contributed by atoms with Crippen molar-refractivity contribution < 1.29 is 34.1 Å². The van der Waals surface area contributed by atoms with Gasteiger partial charge in [0.2, 0.25) is 11.8 Å². The fourth-order valence-electron chi connectivity index (χ4n) is 4.72. The zero-order valence-electron chi connectivity index (χ0n) is 27.7. The highest BCUT2D eigenvalue weighted by molar-refractivity contribution is 5.87. The molecule has 0 rings (SSSR count). The number of esters is 1. The summed E-state index contributed by atoms with van der Waals surface area (Å²) in [6, 6.07) is -1.39. The molecule has 4 N–H and O–H groups in total. The van der Waals surface area contributed by atoms with Crippen molar-refractivity contribution in [2.45, 2.75) is 161 Å². The van der Waals surface area contributed by atoms with Crippen LogP contribution in [-0.4, -0.2) is 59.3 Å². The second kappa shape index (κ2) is 30.4. The third kappa shape index (κ3) is 26.9. The SMILES string of the molecule is CCCCCC/C=C\C/C=C\C(CCCCCCC(=O)NCC(=O)NC(CO)C(=O)O)OC(=O)CCCCCCCCCC. The van der Waals surface area contributed by atoms with Crippen molar-refractivity contribution in [3.63, 3.8) is 0 Å². The maximum absolute atomic E-state index is 12.5. The van der Waals surface area contributed by atoms with Gasteiger partial charge in [-0.1, -0.05) is 109 Å². The Bertz CT molecular complexity index is 813. The van der Waals surface area contributed by atoms with Crippen LogP contribution in [0.3, 0.4) is 0 Å². The lowest BCUT2D eigenvalue weighted by Crippen LogP contribution is -2.47. The van der Waals surface area contributed by atoms with Crippen LogP contribution in [0.4, 0.5) is 0 Å². The Morgan fingerprint density at radius 1 is 0.705 bits per heavy atom. The minimum atomic E-state index is -1.39. The van der Waals surface area contributed by atoms with Gasteiger partial charge < -0.3 is 25.6 Å². The summed E-state index contributed by atoms with van der Waals surface area (Å²) < 4.78 is 5.83. The molecule has 9 nitrogen and oxygen atoms in total. The number of hydrogen-bond acceptors (Lipinski definition) is 6. The van der Waals surface area contributed by atoms with E-state index in [9.17, 15) is 19.2 Å². The molecule has 0 heterocycles. The van der Waals surface area contributed by atoms with Crippen LogP contribution in [0.25, 0.3) is 0 Å². The summed E-state index contributed by atoms with van der Waals surface area (Å²) in [7, 11) is 0. The maximum Gasteiger partial charge on any atom is 0.328 e. The van der Waals surface area contributed by atoms with Gasteiger partial charge in [0.25, 0.3) is 0 Å². The van der Waals surface area contributed by atoms with E-state index in [0.717, 1.165) is 51.4 Å². The van der Waals surface area contributed by atoms with Gasteiger partial charge in [-0.15, -0.1) is 0 Å². The summed E-state index contributed by atoms with van der Waals surface area (Å²) in [6.07, 6.45) is 29.4. The molecule has 0 aliphatic carbocycles. The van der Waals surface area contributed by atoms with E-state index in [1.54, 1.807) is 0 Å². The van der Waals surface area contributed by atoms with Gasteiger partial charge in [-0.05, 0) is 51.0 Å². The summed E-state index contributed by atoms with van der Waals surface area (Å²) in [5, 5.41) is 22.4. The molecule has 2 unspecified atom stereocenters. The standard InChI is InChI=1S/C35H62N2O7/c1-3-5-7-9-11-13-14-16-20-24-30(44-34(41)27-23-17-15-12-10-8-6-4-2)25-21-18-19-22-26-32(39)36-28-33(40)37-31(29-38)35(42)43/h13-14,20,24,30-31,38H,3-12,15-19,21-23,25-29H2,1-2H3,(H,36,39)(H,37,40)(H,42,43)/b14-13-,24-20-. The average molecular weight is 623 g/mol. The first-order valence-corrected chi connectivity index (χ1v) is 17.2. The predicted molar refractivity (Wildman–Crippen MR) is 176 cm³/mol. The largest absolute Gasteiger partial charge is 0.480 e. The number of ether oxygens (including phenoxy) is 1. The van der Waals surface area contributed by atoms with E-state index in [0.29, 0.717) is 12.8 Å². The van der Waals surface area contributed by atoms with Gasteiger partial charge >= 0.3 is 11.9 Å². The Hall–Kier alpha value is -2.68. The number of carbonyl (C=O) groups excluding carboxylic acids is 3. The van der Waals surface area contributed by atoms with Crippen molar-refractivity contribution in [3.8, 4) is 0 Å². The smallest absolute Gasteiger partial charge is 0.328 e. The topological polar surface area (TPSA) is 142 Å². The summed E-state index contributed by atoms with van der Waals surface area (Å²) in [4.78, 5) is 47.1. The normalized spacial score (nSPS) is 12.8. The van der Waals surface area contributed by atoms with Crippen LogP contribution in [0, 0.1) is 0 Å². The van der Waals surface area contributed by atoms with E-state index in [1.807, 2.05) is 6.08 Å². The number of unbranched alkanes of at least 4 members (excludes halogenated alkanes) is 14. The molecular formula is C35H62N2O7. The number of carboxylic acids is 1. The maximum atomic E-state index is 12.5. The van der Waals surface area contributed by atoms with E-state index in [4.69, 9.17) is 14.9 Å². The van der Waals surface area contributed by atoms with Crippen LogP contribution in [0.1, 0.15) is 149 Å². The number of allylic oxidation sites excluding steroid dienone is 3. The molecule has 0 fully saturated rings. The van der Waals surface area contributed by atoms with E-state index < -0.39 is 24.5 Å². The van der Waals surface area contributed by atoms with E-state index in [2.05, 4.69) is 42.7 Å². The fraction of sp³-hybridized carbons (Fsp3) is 0.771. The lowest BCUT2D eigenvalue weighted by atomic mass is 10.1. The Labute approximate surface area is 266 Å². The van der Waals surface area contributed by atoms with Crippen molar-refractivity contribution in [2.75, 3.05) is 13.2 Å². The van der Waals surface area contributed by atoms with Crippen LogP contribution in [0.15, 0.2) is 24.3 Å². The van der Waals surface area contributed by atoms with Crippen molar-refractivity contribution >= 4 is 23.8 Å². The average Bonchev–Trinajstić information content (AvgIpc) is 3.00. The van der Waals surface area contributed by atoms with Crippen LogP contribution in [0.5, 0.6) is 0 Å². The summed E-state index contributed by atoms with van der Waals surface area (Å²) in [6.45, 7) is 3.38. The number of nitrogens with one attached hydrogen (secondary N) is 2. The van der Waals surface area contributed by atoms with E-state index in [-0.39, 0.29) is 30.9 Å². The molecule has 0 aromatic rings. The van der Waals surface area contributed by atoms with Gasteiger partial charge in [0.1, 0.15) is 12.1 Å². The molecule has 2 amide bonds. The lowest BCUT2D eigenvalue weighted by molar-refractivity contribution is -0.147. The van der Waals surface area contributed by atoms with Gasteiger partial charge in [-0.2, -0.15) is 0 Å². The molecule has 0 radical (unpaired) electrons. The molecule has 254 valence electrons. The van der Waals surface area contributed by atoms with Gasteiger partial charge in [-0.25, -0.2) is 4.79 Å². The molecule has 0 saturated heterocycles. The first kappa shape index (κ1) is 41.3. The van der Waals surface area contributed by atoms with Gasteiger partial charge in [0.15, 0.2) is 0 Å². The van der Waals surface area contributed by atoms with Crippen molar-refractivity contribution in [2.24, 2.45) is 0 Å². The van der Waals surface area contributed by atoms with Gasteiger partial charge in [0.05, 0.1) is 13.2 Å². The highest BCUT2D eigenvalue weighted by Crippen LogP contribution is 2.14. The number of aliphatic hydroxyl groups excluding tert-OH is 1. The predicted octanol–water partition coefficient (Wildman–Crippen LogP) is 6.92. The number of rotatable bonds is 30. The molecule has 2 atom stereocenters. The number of carbonyl (C=O) groups is 4. The monoisotopic (exact) mass is 622 g/mol. The number of aliphatic carboxylic acids is 1. The first-order chi connectivity index (χ1) is 21.3. The van der Waals surface area contributed by atoms with E-state index >= 15 is 0 Å². The van der Waals surface area contributed by atoms with Crippen molar-refractivity contribution in [3.05, 3.63) is 24.3 Å². The zero-order chi connectivity index (χ0) is 32.7. The molecule has 0 saturated carbocycles. The third-order valence-corrected chi connectivity index (χ3v) is 7.44. The number of aliphatic hydroxyl groups is 1. The molecule has 0 aliphatic rings. The van der Waals surface area contributed by atoms with Crippen LogP contribution in [-0.2, 0) is 23.9 Å². The highest BCUT2D eigenvalue weighted by atomic mass is 16.5. The molecule has 44 heavy (non-hydrogen) atoms. The first-order valence-electron chi connectivity index (χ1n) is 17.2. The molecule has 0 spiro atoms. The third-order valence-electron chi connectivity index (χ3n) is 7.44. The Kier molecular flexibility index (Phi) is 28.5. The lowest BCUT2D eigenvalue weighted by Gasteiger charge is -2.15. The van der Waals surface area contributed by atoms with Gasteiger partial charge in [0, 0.05) is 12.8 Å².